The number of carbonyl (C=O) groups excluding carboxylic acids is 2. The van der Waals surface area contributed by atoms with E-state index in [0.717, 1.165) is 12.8 Å². The number of hydrogen-bond acceptors (Lipinski definition) is 4. The van der Waals surface area contributed by atoms with Crippen molar-refractivity contribution in [2.75, 3.05) is 13.1 Å². The predicted octanol–water partition coefficient (Wildman–Crippen LogP) is 1.98. The molecule has 0 aliphatic carbocycles. The van der Waals surface area contributed by atoms with Crippen molar-refractivity contribution in [3.63, 3.8) is 0 Å². The van der Waals surface area contributed by atoms with Crippen LogP contribution in [0.3, 0.4) is 0 Å². The molecule has 1 fully saturated rings. The van der Waals surface area contributed by atoms with Gasteiger partial charge in [-0.2, -0.15) is 0 Å². The summed E-state index contributed by atoms with van der Waals surface area (Å²) < 4.78 is 10.3. The summed E-state index contributed by atoms with van der Waals surface area (Å²) in [6, 6.07) is 6.78. The van der Waals surface area contributed by atoms with Gasteiger partial charge in [0.1, 0.15) is 5.76 Å². The fraction of sp³-hybridized carbons (Fsp3) is 0.375. The number of urea groups is 1. The van der Waals surface area contributed by atoms with E-state index in [1.54, 1.807) is 35.4 Å². The van der Waals surface area contributed by atoms with Gasteiger partial charge >= 0.3 is 6.03 Å². The Balaban J connectivity index is 1.40. The van der Waals surface area contributed by atoms with Crippen molar-refractivity contribution >= 4 is 11.9 Å². The van der Waals surface area contributed by atoms with E-state index in [2.05, 4.69) is 10.6 Å². The average molecular weight is 317 g/mol. The average Bonchev–Trinajstić information content (AvgIpc) is 3.26. The van der Waals surface area contributed by atoms with E-state index >= 15 is 0 Å². The largest absolute Gasteiger partial charge is 0.467 e. The van der Waals surface area contributed by atoms with Crippen molar-refractivity contribution in [2.45, 2.75) is 25.4 Å². The first-order valence-corrected chi connectivity index (χ1v) is 7.62. The number of piperidine rings is 1. The first-order valence-electron chi connectivity index (χ1n) is 7.62. The molecule has 0 radical (unpaired) electrons. The lowest BCUT2D eigenvalue weighted by Gasteiger charge is -2.31. The summed E-state index contributed by atoms with van der Waals surface area (Å²) in [6.45, 7) is 1.56. The summed E-state index contributed by atoms with van der Waals surface area (Å²) in [7, 11) is 0. The van der Waals surface area contributed by atoms with E-state index in [4.69, 9.17) is 8.83 Å². The molecule has 1 aliphatic heterocycles. The molecule has 2 aromatic rings. The summed E-state index contributed by atoms with van der Waals surface area (Å²) in [5.74, 6) is 0.960. The zero-order valence-corrected chi connectivity index (χ0v) is 12.7. The van der Waals surface area contributed by atoms with Crippen LogP contribution < -0.4 is 10.6 Å². The van der Waals surface area contributed by atoms with Crippen molar-refractivity contribution < 1.29 is 18.4 Å². The quantitative estimate of drug-likeness (QED) is 0.902. The highest BCUT2D eigenvalue weighted by atomic mass is 16.3. The van der Waals surface area contributed by atoms with E-state index in [9.17, 15) is 9.59 Å². The molecule has 0 aromatic carbocycles. The molecule has 0 spiro atoms. The smallest absolute Gasteiger partial charge is 0.315 e. The van der Waals surface area contributed by atoms with Crippen LogP contribution in [0.1, 0.15) is 29.2 Å². The molecule has 0 saturated carbocycles. The molecule has 0 unspecified atom stereocenters. The fourth-order valence-electron chi connectivity index (χ4n) is 2.60. The SMILES string of the molecule is O=C(NCc1ccco1)NC1CCN(C(=O)c2ccco2)CC1. The topological polar surface area (TPSA) is 87.7 Å². The van der Waals surface area contributed by atoms with E-state index in [0.29, 0.717) is 31.2 Å². The Morgan fingerprint density at radius 1 is 1.13 bits per heavy atom. The second kappa shape index (κ2) is 7.04. The minimum atomic E-state index is -0.225. The molecule has 2 N–H and O–H groups in total. The summed E-state index contributed by atoms with van der Waals surface area (Å²) in [4.78, 5) is 25.7. The van der Waals surface area contributed by atoms with Crippen LogP contribution in [0.2, 0.25) is 0 Å². The normalized spacial score (nSPS) is 15.4. The van der Waals surface area contributed by atoms with Gasteiger partial charge in [0.05, 0.1) is 19.1 Å². The Labute approximate surface area is 133 Å². The summed E-state index contributed by atoms with van der Waals surface area (Å²) in [5, 5.41) is 5.67. The lowest BCUT2D eigenvalue weighted by atomic mass is 10.0. The van der Waals surface area contributed by atoms with Crippen LogP contribution >= 0.6 is 0 Å². The molecule has 3 rings (SSSR count). The van der Waals surface area contributed by atoms with Gasteiger partial charge in [0, 0.05) is 19.1 Å². The first-order chi connectivity index (χ1) is 11.2. The molecule has 23 heavy (non-hydrogen) atoms. The molecule has 7 heteroatoms. The second-order valence-corrected chi connectivity index (χ2v) is 5.45. The maximum Gasteiger partial charge on any atom is 0.315 e. The monoisotopic (exact) mass is 317 g/mol. The van der Waals surface area contributed by atoms with Crippen LogP contribution in [0.4, 0.5) is 4.79 Å². The van der Waals surface area contributed by atoms with Gasteiger partial charge in [0.15, 0.2) is 5.76 Å². The maximum absolute atomic E-state index is 12.1. The number of amides is 3. The minimum absolute atomic E-state index is 0.0623. The van der Waals surface area contributed by atoms with Crippen LogP contribution in [0.5, 0.6) is 0 Å². The number of rotatable bonds is 4. The molecule has 0 bridgehead atoms. The van der Waals surface area contributed by atoms with Crippen molar-refractivity contribution in [3.8, 4) is 0 Å². The number of nitrogens with zero attached hydrogens (tertiary/aromatic N) is 1. The molecule has 1 aliphatic rings. The molecule has 7 nitrogen and oxygen atoms in total. The third-order valence-corrected chi connectivity index (χ3v) is 3.85. The van der Waals surface area contributed by atoms with E-state index < -0.39 is 0 Å². The first kappa shape index (κ1) is 15.2. The summed E-state index contributed by atoms with van der Waals surface area (Å²) in [5.41, 5.74) is 0. The molecule has 3 amide bonds. The van der Waals surface area contributed by atoms with Crippen LogP contribution in [0, 0.1) is 0 Å². The highest BCUT2D eigenvalue weighted by Gasteiger charge is 2.25. The van der Waals surface area contributed by atoms with Crippen LogP contribution in [-0.4, -0.2) is 36.0 Å². The highest BCUT2D eigenvalue weighted by molar-refractivity contribution is 5.91. The molecule has 1 saturated heterocycles. The zero-order chi connectivity index (χ0) is 16.1. The molecule has 3 heterocycles. The van der Waals surface area contributed by atoms with Crippen molar-refractivity contribution in [1.29, 1.82) is 0 Å². The van der Waals surface area contributed by atoms with Gasteiger partial charge in [0.25, 0.3) is 5.91 Å². The third-order valence-electron chi connectivity index (χ3n) is 3.85. The molecule has 122 valence electrons. The van der Waals surface area contributed by atoms with Crippen molar-refractivity contribution in [3.05, 3.63) is 48.3 Å². The lowest BCUT2D eigenvalue weighted by molar-refractivity contribution is 0.0676. The fourth-order valence-corrected chi connectivity index (χ4v) is 2.60. The number of furan rings is 2. The van der Waals surface area contributed by atoms with E-state index in [1.807, 2.05) is 0 Å². The van der Waals surface area contributed by atoms with Gasteiger partial charge in [0.2, 0.25) is 0 Å². The molecular formula is C16H19N3O4. The number of hydrogen-bond donors (Lipinski definition) is 2. The second-order valence-electron chi connectivity index (χ2n) is 5.45. The predicted molar refractivity (Wildman–Crippen MR) is 81.7 cm³/mol. The highest BCUT2D eigenvalue weighted by Crippen LogP contribution is 2.14. The van der Waals surface area contributed by atoms with Gasteiger partial charge in [-0.05, 0) is 37.1 Å². The Morgan fingerprint density at radius 2 is 1.87 bits per heavy atom. The Bertz CT molecular complexity index is 628. The van der Waals surface area contributed by atoms with Gasteiger partial charge in [-0.3, -0.25) is 4.79 Å². The molecule has 0 atom stereocenters. The maximum atomic E-state index is 12.1. The van der Waals surface area contributed by atoms with E-state index in [-0.39, 0.29) is 18.0 Å². The summed E-state index contributed by atoms with van der Waals surface area (Å²) in [6.07, 6.45) is 4.51. The van der Waals surface area contributed by atoms with Crippen molar-refractivity contribution in [2.24, 2.45) is 0 Å². The number of carbonyl (C=O) groups is 2. The van der Waals surface area contributed by atoms with Crippen LogP contribution in [0.15, 0.2) is 45.6 Å². The molecule has 2 aromatic heterocycles. The van der Waals surface area contributed by atoms with Gasteiger partial charge < -0.3 is 24.4 Å². The molecular weight excluding hydrogens is 298 g/mol. The summed E-state index contributed by atoms with van der Waals surface area (Å²) >= 11 is 0. The Hall–Kier alpha value is -2.70. The van der Waals surface area contributed by atoms with Crippen LogP contribution in [-0.2, 0) is 6.54 Å². The van der Waals surface area contributed by atoms with Crippen LogP contribution in [0.25, 0.3) is 0 Å². The van der Waals surface area contributed by atoms with Gasteiger partial charge in [-0.25, -0.2) is 4.79 Å². The zero-order valence-electron chi connectivity index (χ0n) is 12.7. The Kier molecular flexibility index (Phi) is 4.65. The van der Waals surface area contributed by atoms with Crippen molar-refractivity contribution in [1.82, 2.24) is 15.5 Å². The Morgan fingerprint density at radius 3 is 2.52 bits per heavy atom. The third kappa shape index (κ3) is 3.94. The standard InChI is InChI=1S/C16H19N3O4/c20-15(14-4-2-10-23-14)19-7-5-12(6-8-19)18-16(21)17-11-13-3-1-9-22-13/h1-4,9-10,12H,5-8,11H2,(H2,17,18,21). The lowest BCUT2D eigenvalue weighted by Crippen LogP contribution is -2.48. The van der Waals surface area contributed by atoms with Gasteiger partial charge in [-0.15, -0.1) is 0 Å². The van der Waals surface area contributed by atoms with E-state index in [1.165, 1.54) is 6.26 Å². The number of nitrogens with one attached hydrogen (secondary N) is 2. The number of likely N-dealkylation sites (tertiary alicyclic amines) is 1. The van der Waals surface area contributed by atoms with Gasteiger partial charge in [-0.1, -0.05) is 0 Å². The minimum Gasteiger partial charge on any atom is -0.467 e.